The molecule has 1 aromatic carbocycles. The van der Waals surface area contributed by atoms with Crippen molar-refractivity contribution < 1.29 is 4.42 Å². The van der Waals surface area contributed by atoms with Crippen LogP contribution in [0.4, 0.5) is 0 Å². The first-order valence-corrected chi connectivity index (χ1v) is 5.80. The number of furan rings is 1. The lowest BCUT2D eigenvalue weighted by atomic mass is 10.2. The van der Waals surface area contributed by atoms with Gasteiger partial charge in [-0.3, -0.25) is 0 Å². The van der Waals surface area contributed by atoms with E-state index in [9.17, 15) is 0 Å². The van der Waals surface area contributed by atoms with Crippen LogP contribution in [0.15, 0.2) is 46.9 Å². The van der Waals surface area contributed by atoms with Crippen LogP contribution in [-0.2, 0) is 0 Å². The largest absolute Gasteiger partial charge is 0.454 e. The molecule has 17 heavy (non-hydrogen) atoms. The zero-order valence-electron chi connectivity index (χ0n) is 8.65. The van der Waals surface area contributed by atoms with Crippen molar-refractivity contribution in [1.29, 1.82) is 0 Å². The highest BCUT2D eigenvalue weighted by Crippen LogP contribution is 2.28. The van der Waals surface area contributed by atoms with Crippen molar-refractivity contribution in [3.8, 4) is 11.5 Å². The number of pyridine rings is 1. The second kappa shape index (κ2) is 4.06. The van der Waals surface area contributed by atoms with Crippen molar-refractivity contribution in [1.82, 2.24) is 4.98 Å². The minimum atomic E-state index is 0.445. The van der Waals surface area contributed by atoms with Gasteiger partial charge >= 0.3 is 0 Å². The lowest BCUT2D eigenvalue weighted by Crippen LogP contribution is -1.79. The third-order valence-corrected chi connectivity index (χ3v) is 2.89. The Morgan fingerprint density at radius 1 is 1.00 bits per heavy atom. The van der Waals surface area contributed by atoms with Gasteiger partial charge in [0.1, 0.15) is 16.4 Å². The van der Waals surface area contributed by atoms with Gasteiger partial charge in [-0.15, -0.1) is 0 Å². The molecule has 0 aliphatic rings. The van der Waals surface area contributed by atoms with Gasteiger partial charge in [0, 0.05) is 10.4 Å². The standard InChI is InChI=1S/C13H7Cl2NO/c14-9-4-5-11-8(6-9)7-12(17-11)10-2-1-3-13(15)16-10/h1-7H. The highest BCUT2D eigenvalue weighted by atomic mass is 35.5. The molecule has 2 nitrogen and oxygen atoms in total. The van der Waals surface area contributed by atoms with Crippen LogP contribution in [0.25, 0.3) is 22.4 Å². The molecule has 3 aromatic rings. The molecule has 0 saturated carbocycles. The van der Waals surface area contributed by atoms with Crippen molar-refractivity contribution in [3.63, 3.8) is 0 Å². The maximum Gasteiger partial charge on any atom is 0.153 e. The molecule has 0 spiro atoms. The normalized spacial score (nSPS) is 10.9. The second-order valence-electron chi connectivity index (χ2n) is 3.64. The molecule has 0 bridgehead atoms. The third-order valence-electron chi connectivity index (χ3n) is 2.45. The van der Waals surface area contributed by atoms with Crippen molar-refractivity contribution in [3.05, 3.63) is 52.6 Å². The molecule has 2 aromatic heterocycles. The van der Waals surface area contributed by atoms with Crippen molar-refractivity contribution in [2.45, 2.75) is 0 Å². The highest BCUT2D eigenvalue weighted by molar-refractivity contribution is 6.31. The lowest BCUT2D eigenvalue weighted by Gasteiger charge is -1.95. The summed E-state index contributed by atoms with van der Waals surface area (Å²) in [6.07, 6.45) is 0. The Morgan fingerprint density at radius 3 is 2.71 bits per heavy atom. The van der Waals surface area contributed by atoms with E-state index in [4.69, 9.17) is 27.6 Å². The van der Waals surface area contributed by atoms with Gasteiger partial charge in [-0.05, 0) is 36.4 Å². The van der Waals surface area contributed by atoms with Crippen LogP contribution >= 0.6 is 23.2 Å². The maximum atomic E-state index is 5.92. The number of halogens is 2. The van der Waals surface area contributed by atoms with E-state index >= 15 is 0 Å². The average Bonchev–Trinajstić information content (AvgIpc) is 2.72. The Balaban J connectivity index is 2.18. The third kappa shape index (κ3) is 2.02. The first-order chi connectivity index (χ1) is 8.22. The van der Waals surface area contributed by atoms with Gasteiger partial charge in [0.05, 0.1) is 0 Å². The summed E-state index contributed by atoms with van der Waals surface area (Å²) in [7, 11) is 0. The summed E-state index contributed by atoms with van der Waals surface area (Å²) in [4.78, 5) is 4.20. The van der Waals surface area contributed by atoms with Gasteiger partial charge in [0.15, 0.2) is 5.76 Å². The zero-order chi connectivity index (χ0) is 11.8. The Bertz CT molecular complexity index is 691. The number of rotatable bonds is 1. The van der Waals surface area contributed by atoms with Crippen molar-refractivity contribution in [2.24, 2.45) is 0 Å². The van der Waals surface area contributed by atoms with Crippen LogP contribution in [0, 0.1) is 0 Å². The fraction of sp³-hybridized carbons (Fsp3) is 0. The van der Waals surface area contributed by atoms with Crippen molar-refractivity contribution in [2.75, 3.05) is 0 Å². The smallest absolute Gasteiger partial charge is 0.153 e. The van der Waals surface area contributed by atoms with E-state index in [0.29, 0.717) is 21.6 Å². The van der Waals surface area contributed by atoms with Gasteiger partial charge in [-0.25, -0.2) is 4.98 Å². The Morgan fingerprint density at radius 2 is 1.88 bits per heavy atom. The number of fused-ring (bicyclic) bond motifs is 1. The number of benzene rings is 1. The second-order valence-corrected chi connectivity index (χ2v) is 4.46. The van der Waals surface area contributed by atoms with Crippen LogP contribution in [0.2, 0.25) is 10.2 Å². The van der Waals surface area contributed by atoms with E-state index in [0.717, 1.165) is 11.0 Å². The molecule has 0 atom stereocenters. The SMILES string of the molecule is Clc1ccc2oc(-c3cccc(Cl)n3)cc2c1. The van der Waals surface area contributed by atoms with E-state index < -0.39 is 0 Å². The summed E-state index contributed by atoms with van der Waals surface area (Å²) in [5.41, 5.74) is 1.50. The number of nitrogens with zero attached hydrogens (tertiary/aromatic N) is 1. The molecule has 2 heterocycles. The van der Waals surface area contributed by atoms with E-state index in [2.05, 4.69) is 4.98 Å². The zero-order valence-corrected chi connectivity index (χ0v) is 10.2. The fourth-order valence-electron chi connectivity index (χ4n) is 1.69. The number of hydrogen-bond donors (Lipinski definition) is 0. The minimum Gasteiger partial charge on any atom is -0.454 e. The van der Waals surface area contributed by atoms with Crippen LogP contribution < -0.4 is 0 Å². The monoisotopic (exact) mass is 263 g/mol. The molecule has 0 N–H and O–H groups in total. The number of aromatic nitrogens is 1. The molecule has 3 rings (SSSR count). The fourth-order valence-corrected chi connectivity index (χ4v) is 2.03. The van der Waals surface area contributed by atoms with Crippen LogP contribution in [-0.4, -0.2) is 4.98 Å². The van der Waals surface area contributed by atoms with E-state index in [1.54, 1.807) is 12.1 Å². The van der Waals surface area contributed by atoms with Gasteiger partial charge in [-0.1, -0.05) is 29.3 Å². The molecule has 0 fully saturated rings. The van der Waals surface area contributed by atoms with Crippen LogP contribution in [0.3, 0.4) is 0 Å². The molecule has 0 aliphatic heterocycles. The van der Waals surface area contributed by atoms with E-state index in [-0.39, 0.29) is 0 Å². The molecular weight excluding hydrogens is 257 g/mol. The first kappa shape index (κ1) is 10.6. The highest BCUT2D eigenvalue weighted by Gasteiger charge is 2.07. The summed E-state index contributed by atoms with van der Waals surface area (Å²) in [5.74, 6) is 0.685. The predicted octanol–water partition coefficient (Wildman–Crippen LogP) is 4.80. The van der Waals surface area contributed by atoms with Gasteiger partial charge in [-0.2, -0.15) is 0 Å². The molecular formula is C13H7Cl2NO. The van der Waals surface area contributed by atoms with E-state index in [1.165, 1.54) is 0 Å². The van der Waals surface area contributed by atoms with Crippen LogP contribution in [0.5, 0.6) is 0 Å². The summed E-state index contributed by atoms with van der Waals surface area (Å²) in [5, 5.41) is 2.08. The Kier molecular flexibility index (Phi) is 2.54. The summed E-state index contributed by atoms with van der Waals surface area (Å²) >= 11 is 11.8. The molecule has 0 unspecified atom stereocenters. The first-order valence-electron chi connectivity index (χ1n) is 5.04. The number of hydrogen-bond acceptors (Lipinski definition) is 2. The van der Waals surface area contributed by atoms with E-state index in [1.807, 2.05) is 30.3 Å². The summed E-state index contributed by atoms with van der Waals surface area (Å²) in [6, 6.07) is 12.8. The Hall–Kier alpha value is -1.51. The average molecular weight is 264 g/mol. The minimum absolute atomic E-state index is 0.445. The molecule has 0 saturated heterocycles. The van der Waals surface area contributed by atoms with Gasteiger partial charge < -0.3 is 4.42 Å². The van der Waals surface area contributed by atoms with Gasteiger partial charge in [0.25, 0.3) is 0 Å². The maximum absolute atomic E-state index is 5.92. The molecule has 84 valence electrons. The molecule has 0 aliphatic carbocycles. The summed E-state index contributed by atoms with van der Waals surface area (Å²) in [6.45, 7) is 0. The molecule has 4 heteroatoms. The molecule has 0 radical (unpaired) electrons. The summed E-state index contributed by atoms with van der Waals surface area (Å²) < 4.78 is 5.68. The van der Waals surface area contributed by atoms with Gasteiger partial charge in [0.2, 0.25) is 0 Å². The lowest BCUT2D eigenvalue weighted by molar-refractivity contribution is 0.629. The Labute approximate surface area is 108 Å². The predicted molar refractivity (Wildman–Crippen MR) is 69.5 cm³/mol. The van der Waals surface area contributed by atoms with Crippen LogP contribution in [0.1, 0.15) is 0 Å². The quantitative estimate of drug-likeness (QED) is 0.590. The topological polar surface area (TPSA) is 26.0 Å². The molecule has 0 amide bonds. The van der Waals surface area contributed by atoms with Crippen molar-refractivity contribution >= 4 is 34.2 Å².